The predicted octanol–water partition coefficient (Wildman–Crippen LogP) is 1.39. The molecule has 0 aliphatic carbocycles. The van der Waals surface area contributed by atoms with Gasteiger partial charge in [-0.25, -0.2) is 4.57 Å². The maximum atomic E-state index is 11.6. The number of hydrogen-bond acceptors (Lipinski definition) is 5. The summed E-state index contributed by atoms with van der Waals surface area (Å²) in [6.07, 6.45) is 0. The molecule has 0 fully saturated rings. The van der Waals surface area contributed by atoms with Gasteiger partial charge in [0.25, 0.3) is 0 Å². The molecule has 7 heteroatoms. The highest BCUT2D eigenvalue weighted by molar-refractivity contribution is 8.55. The molecule has 0 saturated carbocycles. The smallest absolute Gasteiger partial charge is 0.369 e. The second-order valence-electron chi connectivity index (χ2n) is 2.02. The topological polar surface area (TPSA) is 78.6 Å². The van der Waals surface area contributed by atoms with Crippen molar-refractivity contribution in [3.05, 3.63) is 0 Å². The first-order chi connectivity index (χ1) is 6.04. The van der Waals surface area contributed by atoms with E-state index in [0.29, 0.717) is 0 Å². The average molecular weight is 227 g/mol. The van der Waals surface area contributed by atoms with E-state index >= 15 is 0 Å². The van der Waals surface area contributed by atoms with Crippen LogP contribution in [0.4, 0.5) is 0 Å². The van der Waals surface area contributed by atoms with E-state index in [0.717, 1.165) is 11.4 Å². The second-order valence-corrected chi connectivity index (χ2v) is 6.10. The molecule has 0 rings (SSSR count). The summed E-state index contributed by atoms with van der Waals surface area (Å²) in [7, 11) is 0. The molecule has 5 nitrogen and oxygen atoms in total. The Kier molecular flexibility index (Phi) is 6.41. The van der Waals surface area contributed by atoms with Gasteiger partial charge in [-0.2, -0.15) is 0 Å². The fraction of sp³-hybridized carbons (Fsp3) is 0.833. The molecule has 13 heavy (non-hydrogen) atoms. The first-order valence-corrected chi connectivity index (χ1v) is 6.99. The molecule has 78 valence electrons. The Hall–Kier alpha value is -0.0300. The van der Waals surface area contributed by atoms with E-state index in [4.69, 9.17) is 14.8 Å². The number of nitrogens with two attached hydrogens (primary N) is 1. The van der Waals surface area contributed by atoms with Gasteiger partial charge in [-0.3, -0.25) is 4.79 Å². The molecule has 2 N–H and O–H groups in total. The number of primary amides is 1. The van der Waals surface area contributed by atoms with E-state index < -0.39 is 12.7 Å². The van der Waals surface area contributed by atoms with Crippen LogP contribution in [0.1, 0.15) is 13.8 Å². The number of amides is 1. The fourth-order valence-electron chi connectivity index (χ4n) is 0.571. The molecule has 0 bridgehead atoms. The number of hydrogen-bond donors (Lipinski definition) is 1. The van der Waals surface area contributed by atoms with Crippen LogP contribution in [0.5, 0.6) is 0 Å². The van der Waals surface area contributed by atoms with E-state index in [1.807, 2.05) is 0 Å². The van der Waals surface area contributed by atoms with Gasteiger partial charge >= 0.3 is 6.80 Å². The van der Waals surface area contributed by atoms with Crippen LogP contribution in [-0.4, -0.2) is 24.9 Å². The molecule has 0 radical (unpaired) electrons. The monoisotopic (exact) mass is 227 g/mol. The number of rotatable bonds is 7. The fourth-order valence-corrected chi connectivity index (χ4v) is 3.65. The molecular weight excluding hydrogens is 213 g/mol. The van der Waals surface area contributed by atoms with Gasteiger partial charge in [0.2, 0.25) is 5.91 Å². The van der Waals surface area contributed by atoms with Crippen molar-refractivity contribution >= 4 is 24.1 Å². The minimum atomic E-state index is -3.16. The van der Waals surface area contributed by atoms with Crippen molar-refractivity contribution in [3.8, 4) is 0 Å². The highest BCUT2D eigenvalue weighted by atomic mass is 32.7. The highest BCUT2D eigenvalue weighted by Crippen LogP contribution is 2.60. The van der Waals surface area contributed by atoms with Gasteiger partial charge in [-0.15, -0.1) is 0 Å². The summed E-state index contributed by atoms with van der Waals surface area (Å²) in [6, 6.07) is 0. The summed E-state index contributed by atoms with van der Waals surface area (Å²) in [5.74, 6) is -0.596. The zero-order chi connectivity index (χ0) is 10.3. The van der Waals surface area contributed by atoms with Crippen LogP contribution in [0.2, 0.25) is 0 Å². The van der Waals surface area contributed by atoms with Gasteiger partial charge in [0.05, 0.1) is 19.0 Å². The van der Waals surface area contributed by atoms with Crippen molar-refractivity contribution in [1.82, 2.24) is 0 Å². The molecule has 1 amide bonds. The Morgan fingerprint density at radius 3 is 2.15 bits per heavy atom. The Labute approximate surface area is 81.6 Å². The lowest BCUT2D eigenvalue weighted by Crippen LogP contribution is -2.13. The van der Waals surface area contributed by atoms with Crippen LogP contribution in [0.3, 0.4) is 0 Å². The number of carbonyl (C=O) groups is 1. The van der Waals surface area contributed by atoms with E-state index in [1.165, 1.54) is 0 Å². The van der Waals surface area contributed by atoms with Crippen molar-refractivity contribution in [2.24, 2.45) is 5.73 Å². The van der Waals surface area contributed by atoms with Crippen molar-refractivity contribution in [2.45, 2.75) is 13.8 Å². The highest BCUT2D eigenvalue weighted by Gasteiger charge is 2.24. The predicted molar refractivity (Wildman–Crippen MR) is 52.5 cm³/mol. The molecule has 0 aromatic carbocycles. The van der Waals surface area contributed by atoms with Crippen LogP contribution in [0.25, 0.3) is 0 Å². The third kappa shape index (κ3) is 6.10. The van der Waals surface area contributed by atoms with Gasteiger partial charge in [0, 0.05) is 0 Å². The zero-order valence-corrected chi connectivity index (χ0v) is 9.40. The lowest BCUT2D eigenvalue weighted by atomic mass is 10.8. The summed E-state index contributed by atoms with van der Waals surface area (Å²) in [4.78, 5) is 10.4. The SMILES string of the molecule is CCOP(=O)(OCC)SCC(N)=O. The Morgan fingerprint density at radius 2 is 1.85 bits per heavy atom. The van der Waals surface area contributed by atoms with Gasteiger partial charge < -0.3 is 14.8 Å². The van der Waals surface area contributed by atoms with Crippen LogP contribution >= 0.6 is 18.2 Å². The first kappa shape index (κ1) is 13.0. The number of carbonyl (C=O) groups excluding carboxylic acids is 1. The molecule has 0 atom stereocenters. The average Bonchev–Trinajstić information content (AvgIpc) is 2.02. The molecule has 0 aromatic heterocycles. The second kappa shape index (κ2) is 6.43. The summed E-state index contributed by atoms with van der Waals surface area (Å²) >= 11 is 0.818. The van der Waals surface area contributed by atoms with Gasteiger partial charge in [-0.05, 0) is 25.2 Å². The largest absolute Gasteiger partial charge is 0.389 e. The summed E-state index contributed by atoms with van der Waals surface area (Å²) in [6.45, 7) is 0.814. The summed E-state index contributed by atoms with van der Waals surface area (Å²) < 4.78 is 21.4. The minimum absolute atomic E-state index is 0.0583. The first-order valence-electron chi connectivity index (χ1n) is 3.86. The van der Waals surface area contributed by atoms with E-state index in [1.54, 1.807) is 13.8 Å². The van der Waals surface area contributed by atoms with Gasteiger partial charge in [-0.1, -0.05) is 0 Å². The minimum Gasteiger partial charge on any atom is -0.369 e. The van der Waals surface area contributed by atoms with Crippen LogP contribution in [0.15, 0.2) is 0 Å². The van der Waals surface area contributed by atoms with E-state index in [-0.39, 0.29) is 19.0 Å². The van der Waals surface area contributed by atoms with Gasteiger partial charge in [0.15, 0.2) is 0 Å². The van der Waals surface area contributed by atoms with Crippen LogP contribution < -0.4 is 5.73 Å². The Bertz CT molecular complexity index is 201. The molecule has 0 aliphatic rings. The molecule has 0 heterocycles. The normalized spacial score (nSPS) is 11.5. The maximum Gasteiger partial charge on any atom is 0.389 e. The van der Waals surface area contributed by atoms with Crippen LogP contribution in [-0.2, 0) is 18.4 Å². The van der Waals surface area contributed by atoms with Gasteiger partial charge in [0.1, 0.15) is 0 Å². The zero-order valence-electron chi connectivity index (χ0n) is 7.69. The molecule has 0 unspecified atom stereocenters. The Balaban J connectivity index is 4.07. The third-order valence-electron chi connectivity index (χ3n) is 0.939. The van der Waals surface area contributed by atoms with E-state index in [2.05, 4.69) is 0 Å². The Morgan fingerprint density at radius 1 is 1.38 bits per heavy atom. The quantitative estimate of drug-likeness (QED) is 0.665. The standard InChI is InChI=1S/C6H14NO4PS/c1-3-10-12(9,11-4-2)13-5-6(7)8/h3-5H2,1-2H3,(H2,7,8). The third-order valence-corrected chi connectivity index (χ3v) is 4.79. The summed E-state index contributed by atoms with van der Waals surface area (Å²) in [5.41, 5.74) is 4.90. The molecule has 0 spiro atoms. The lowest BCUT2D eigenvalue weighted by Gasteiger charge is -2.14. The van der Waals surface area contributed by atoms with Crippen molar-refractivity contribution < 1.29 is 18.4 Å². The van der Waals surface area contributed by atoms with Crippen molar-refractivity contribution in [1.29, 1.82) is 0 Å². The molecule has 0 aromatic rings. The molecule has 0 saturated heterocycles. The van der Waals surface area contributed by atoms with E-state index in [9.17, 15) is 9.36 Å². The van der Waals surface area contributed by atoms with Crippen LogP contribution in [0, 0.1) is 0 Å². The molecular formula is C6H14NO4PS. The van der Waals surface area contributed by atoms with Crippen molar-refractivity contribution in [3.63, 3.8) is 0 Å². The lowest BCUT2D eigenvalue weighted by molar-refractivity contribution is -0.115. The maximum absolute atomic E-state index is 11.6. The van der Waals surface area contributed by atoms with Crippen molar-refractivity contribution in [2.75, 3.05) is 19.0 Å². The summed E-state index contributed by atoms with van der Waals surface area (Å²) in [5, 5.41) is 0. The molecule has 0 aliphatic heterocycles.